The predicted molar refractivity (Wildman–Crippen MR) is 66.7 cm³/mol. The minimum absolute atomic E-state index is 0.00967. The molecule has 7 nitrogen and oxygen atoms in total. The Balaban J connectivity index is 2.29. The first-order chi connectivity index (χ1) is 8.13. The average molecular weight is 255 g/mol. The van der Waals surface area contributed by atoms with Crippen molar-refractivity contribution in [2.45, 2.75) is 13.0 Å². The highest BCUT2D eigenvalue weighted by Gasteiger charge is 2.23. The Morgan fingerprint density at radius 2 is 2.47 bits per heavy atom. The molecule has 2 N–H and O–H groups in total. The molecule has 0 fully saturated rings. The van der Waals surface area contributed by atoms with Crippen LogP contribution in [0.1, 0.15) is 6.92 Å². The molecule has 2 heterocycles. The lowest BCUT2D eigenvalue weighted by atomic mass is 10.3. The van der Waals surface area contributed by atoms with Crippen LogP contribution in [0.25, 0.3) is 4.96 Å². The maximum absolute atomic E-state index is 11.0. The maximum atomic E-state index is 11.0. The molecular formula is C9H13N5O2S. The molecule has 1 unspecified atom stereocenters. The van der Waals surface area contributed by atoms with Crippen LogP contribution in [0, 0.1) is 10.1 Å². The molecule has 0 amide bonds. The highest BCUT2D eigenvalue weighted by atomic mass is 32.1. The zero-order chi connectivity index (χ0) is 12.4. The van der Waals surface area contributed by atoms with Gasteiger partial charge in [0.05, 0.1) is 0 Å². The van der Waals surface area contributed by atoms with Crippen LogP contribution in [0.3, 0.4) is 0 Å². The first-order valence-corrected chi connectivity index (χ1v) is 6.02. The second kappa shape index (κ2) is 4.68. The number of rotatable bonds is 5. The molecule has 0 aliphatic carbocycles. The van der Waals surface area contributed by atoms with Crippen LogP contribution in [-0.4, -0.2) is 33.9 Å². The Bertz CT molecular complexity index is 534. The number of imidazole rings is 1. The van der Waals surface area contributed by atoms with Crippen LogP contribution in [0.2, 0.25) is 0 Å². The summed E-state index contributed by atoms with van der Waals surface area (Å²) in [5.74, 6) is 0.313. The lowest BCUT2D eigenvalue weighted by Crippen LogP contribution is -2.29. The van der Waals surface area contributed by atoms with Gasteiger partial charge in [0.15, 0.2) is 0 Å². The number of anilines is 1. The third-order valence-corrected chi connectivity index (χ3v) is 3.23. The monoisotopic (exact) mass is 255 g/mol. The Morgan fingerprint density at radius 1 is 1.71 bits per heavy atom. The molecule has 0 aliphatic rings. The number of nitrogens with zero attached hydrogens (tertiary/aromatic N) is 3. The van der Waals surface area contributed by atoms with E-state index in [0.29, 0.717) is 17.3 Å². The standard InChI is InChI=1S/C9H13N5O2S/c1-6(10-2)5-11-7-8(14(15)16)13-3-4-17-9(13)12-7/h3-4,6,10-11H,5H2,1-2H3. The van der Waals surface area contributed by atoms with Gasteiger partial charge in [0, 0.05) is 18.0 Å². The van der Waals surface area contributed by atoms with E-state index in [1.165, 1.54) is 15.7 Å². The summed E-state index contributed by atoms with van der Waals surface area (Å²) in [6.07, 6.45) is 1.65. The molecule has 0 aliphatic heterocycles. The van der Waals surface area contributed by atoms with Crippen molar-refractivity contribution in [3.8, 4) is 0 Å². The number of nitro groups is 1. The molecule has 17 heavy (non-hydrogen) atoms. The number of aromatic nitrogens is 2. The SMILES string of the molecule is CNC(C)CNc1nc2sccn2c1[N+](=O)[O-]. The summed E-state index contributed by atoms with van der Waals surface area (Å²) < 4.78 is 1.48. The van der Waals surface area contributed by atoms with Gasteiger partial charge in [-0.05, 0) is 18.9 Å². The van der Waals surface area contributed by atoms with E-state index in [1.54, 1.807) is 11.6 Å². The van der Waals surface area contributed by atoms with Gasteiger partial charge in [-0.25, -0.2) is 0 Å². The third-order valence-electron chi connectivity index (χ3n) is 2.48. The number of nitrogens with one attached hydrogen (secondary N) is 2. The number of thiazole rings is 1. The van der Waals surface area contributed by atoms with Gasteiger partial charge in [-0.1, -0.05) is 11.3 Å². The van der Waals surface area contributed by atoms with Crippen LogP contribution >= 0.6 is 11.3 Å². The number of likely N-dealkylation sites (N-methyl/N-ethyl adjacent to an activating group) is 1. The molecule has 8 heteroatoms. The van der Waals surface area contributed by atoms with E-state index >= 15 is 0 Å². The van der Waals surface area contributed by atoms with Gasteiger partial charge >= 0.3 is 5.82 Å². The Hall–Kier alpha value is -1.67. The quantitative estimate of drug-likeness (QED) is 0.622. The van der Waals surface area contributed by atoms with Gasteiger partial charge in [-0.2, -0.15) is 9.38 Å². The van der Waals surface area contributed by atoms with E-state index in [9.17, 15) is 10.1 Å². The van der Waals surface area contributed by atoms with Crippen LogP contribution in [0.5, 0.6) is 0 Å². The zero-order valence-corrected chi connectivity index (χ0v) is 10.3. The minimum atomic E-state index is -0.418. The largest absolute Gasteiger partial charge is 0.372 e. The van der Waals surface area contributed by atoms with Crippen molar-refractivity contribution in [1.29, 1.82) is 0 Å². The van der Waals surface area contributed by atoms with Crippen LogP contribution in [-0.2, 0) is 0 Å². The van der Waals surface area contributed by atoms with Gasteiger partial charge in [0.2, 0.25) is 5.82 Å². The highest BCUT2D eigenvalue weighted by molar-refractivity contribution is 7.15. The fourth-order valence-electron chi connectivity index (χ4n) is 1.42. The van der Waals surface area contributed by atoms with Gasteiger partial charge in [-0.15, -0.1) is 0 Å². The summed E-state index contributed by atoms with van der Waals surface area (Å²) in [5, 5.41) is 18.8. The normalized spacial score (nSPS) is 12.8. The minimum Gasteiger partial charge on any atom is -0.361 e. The van der Waals surface area contributed by atoms with E-state index in [2.05, 4.69) is 15.6 Å². The van der Waals surface area contributed by atoms with Gasteiger partial charge in [0.25, 0.3) is 4.96 Å². The Morgan fingerprint density at radius 3 is 3.12 bits per heavy atom. The molecular weight excluding hydrogens is 242 g/mol. The van der Waals surface area contributed by atoms with Crippen LogP contribution in [0.15, 0.2) is 11.6 Å². The first kappa shape index (κ1) is 11.8. The predicted octanol–water partition coefficient (Wildman–Crippen LogP) is 1.32. The molecule has 2 aromatic heterocycles. The van der Waals surface area contributed by atoms with Gasteiger partial charge < -0.3 is 20.7 Å². The number of hydrogen-bond acceptors (Lipinski definition) is 6. The van der Waals surface area contributed by atoms with Crippen LogP contribution < -0.4 is 10.6 Å². The van der Waals surface area contributed by atoms with Gasteiger partial charge in [-0.3, -0.25) is 0 Å². The molecule has 0 aromatic carbocycles. The molecule has 0 radical (unpaired) electrons. The molecule has 2 rings (SSSR count). The van der Waals surface area contributed by atoms with Crippen molar-refractivity contribution in [3.05, 3.63) is 21.7 Å². The van der Waals surface area contributed by atoms with E-state index in [4.69, 9.17) is 0 Å². The summed E-state index contributed by atoms with van der Waals surface area (Å²) >= 11 is 1.37. The number of hydrogen-bond donors (Lipinski definition) is 2. The summed E-state index contributed by atoms with van der Waals surface area (Å²) in [5.41, 5.74) is 0. The second-order valence-corrected chi connectivity index (χ2v) is 4.54. The van der Waals surface area contributed by atoms with Gasteiger partial charge in [0.1, 0.15) is 6.20 Å². The smallest absolute Gasteiger partial charge is 0.361 e. The highest BCUT2D eigenvalue weighted by Crippen LogP contribution is 2.27. The first-order valence-electron chi connectivity index (χ1n) is 5.14. The molecule has 0 bridgehead atoms. The van der Waals surface area contributed by atoms with E-state index < -0.39 is 4.92 Å². The summed E-state index contributed by atoms with van der Waals surface area (Å²) in [7, 11) is 1.84. The molecule has 0 saturated carbocycles. The Kier molecular flexibility index (Phi) is 3.25. The van der Waals surface area contributed by atoms with E-state index in [1.807, 2.05) is 14.0 Å². The maximum Gasteiger partial charge on any atom is 0.372 e. The fourth-order valence-corrected chi connectivity index (χ4v) is 2.13. The van der Waals surface area contributed by atoms with E-state index in [-0.39, 0.29) is 11.9 Å². The molecule has 2 aromatic rings. The lowest BCUT2D eigenvalue weighted by Gasteiger charge is -2.10. The summed E-state index contributed by atoms with van der Waals surface area (Å²) in [6, 6.07) is 0.217. The van der Waals surface area contributed by atoms with Crippen molar-refractivity contribution in [2.75, 3.05) is 18.9 Å². The Labute approximate surface area is 102 Å². The average Bonchev–Trinajstić information content (AvgIpc) is 2.84. The van der Waals surface area contributed by atoms with Crippen molar-refractivity contribution in [1.82, 2.24) is 14.7 Å². The molecule has 0 saturated heterocycles. The summed E-state index contributed by atoms with van der Waals surface area (Å²) in [6.45, 7) is 2.57. The van der Waals surface area contributed by atoms with Crippen LogP contribution in [0.4, 0.5) is 11.6 Å². The molecule has 92 valence electrons. The second-order valence-electron chi connectivity index (χ2n) is 3.67. The van der Waals surface area contributed by atoms with Crippen molar-refractivity contribution in [3.63, 3.8) is 0 Å². The lowest BCUT2D eigenvalue weighted by molar-refractivity contribution is -0.389. The molecule has 1 atom stereocenters. The zero-order valence-electron chi connectivity index (χ0n) is 9.51. The van der Waals surface area contributed by atoms with Crippen molar-refractivity contribution in [2.24, 2.45) is 0 Å². The van der Waals surface area contributed by atoms with Crippen molar-refractivity contribution < 1.29 is 4.92 Å². The fraction of sp³-hybridized carbons (Fsp3) is 0.444. The van der Waals surface area contributed by atoms with E-state index in [0.717, 1.165) is 0 Å². The molecule has 0 spiro atoms. The number of fused-ring (bicyclic) bond motifs is 1. The topological polar surface area (TPSA) is 84.5 Å². The summed E-state index contributed by atoms with van der Waals surface area (Å²) in [4.78, 5) is 15.4. The third kappa shape index (κ3) is 2.22. The van der Waals surface area contributed by atoms with Crippen molar-refractivity contribution >= 4 is 27.9 Å².